The number of ether oxygens (including phenoxy) is 3. The van der Waals surface area contributed by atoms with Crippen LogP contribution in [0.25, 0.3) is 0 Å². The number of halogens is 1. The van der Waals surface area contributed by atoms with Crippen LogP contribution in [0, 0.1) is 13.8 Å². The third kappa shape index (κ3) is 4.51. The fourth-order valence-corrected chi connectivity index (χ4v) is 5.07. The number of nitrogens with one attached hydrogen (secondary N) is 2. The lowest BCUT2D eigenvalue weighted by atomic mass is 10.0. The average Bonchev–Trinajstić information content (AvgIpc) is 3.28. The maximum atomic E-state index is 12.9. The summed E-state index contributed by atoms with van der Waals surface area (Å²) in [4.78, 5) is 2.43. The van der Waals surface area contributed by atoms with Crippen LogP contribution in [0.5, 0.6) is 11.5 Å². The van der Waals surface area contributed by atoms with Gasteiger partial charge in [0.25, 0.3) is 0 Å². The lowest BCUT2D eigenvalue weighted by Gasteiger charge is -2.35. The molecule has 2 aliphatic rings. The summed E-state index contributed by atoms with van der Waals surface area (Å²) in [6.45, 7) is 6.50. The molecule has 29 heavy (non-hydrogen) atoms. The number of morpholine rings is 1. The topological polar surface area (TPSA) is 106 Å². The Balaban J connectivity index is 0.00000240. The highest BCUT2D eigenvalue weighted by Crippen LogP contribution is 2.35. The molecule has 3 heterocycles. The highest BCUT2D eigenvalue weighted by atomic mass is 35.5. The van der Waals surface area contributed by atoms with Crippen LogP contribution in [0.15, 0.2) is 23.1 Å². The van der Waals surface area contributed by atoms with Gasteiger partial charge in [-0.2, -0.15) is 5.10 Å². The number of nitrogens with zero attached hydrogens (tertiary/aromatic N) is 2. The van der Waals surface area contributed by atoms with Gasteiger partial charge in [0.05, 0.1) is 24.6 Å². The molecule has 1 aromatic heterocycles. The summed E-state index contributed by atoms with van der Waals surface area (Å²) in [7, 11) is -3.69. The summed E-state index contributed by atoms with van der Waals surface area (Å²) in [6.07, 6.45) is 0. The van der Waals surface area contributed by atoms with Gasteiger partial charge in [-0.15, -0.1) is 12.4 Å². The first kappa shape index (κ1) is 21.8. The number of hydrogen-bond acceptors (Lipinski definition) is 7. The molecule has 0 radical (unpaired) electrons. The zero-order chi connectivity index (χ0) is 19.7. The zero-order valence-electron chi connectivity index (χ0n) is 16.3. The minimum absolute atomic E-state index is 0. The van der Waals surface area contributed by atoms with Crippen molar-refractivity contribution < 1.29 is 22.6 Å². The molecule has 2 aliphatic heterocycles. The van der Waals surface area contributed by atoms with Crippen LogP contribution in [0.3, 0.4) is 0 Å². The molecule has 1 fully saturated rings. The summed E-state index contributed by atoms with van der Waals surface area (Å²) >= 11 is 0. The molecule has 0 amide bonds. The van der Waals surface area contributed by atoms with Crippen molar-refractivity contribution in [3.8, 4) is 11.5 Å². The fourth-order valence-electron chi connectivity index (χ4n) is 3.66. The van der Waals surface area contributed by atoms with Gasteiger partial charge in [-0.1, -0.05) is 6.07 Å². The monoisotopic (exact) mass is 444 g/mol. The number of benzene rings is 1. The van der Waals surface area contributed by atoms with Crippen molar-refractivity contribution in [1.82, 2.24) is 19.8 Å². The number of aromatic amines is 1. The SMILES string of the molecule is Cc1n[nH]c(C)c1S(=O)(=O)NCC(c1ccc2c(c1)OCO2)N1CCOCC1.Cl. The molecule has 1 atom stereocenters. The molecule has 1 aromatic carbocycles. The van der Waals surface area contributed by atoms with Gasteiger partial charge in [0.15, 0.2) is 11.5 Å². The van der Waals surface area contributed by atoms with E-state index in [0.29, 0.717) is 36.1 Å². The molecule has 0 bridgehead atoms. The first-order valence-electron chi connectivity index (χ1n) is 9.18. The number of rotatable bonds is 6. The van der Waals surface area contributed by atoms with E-state index in [1.54, 1.807) is 13.8 Å². The zero-order valence-corrected chi connectivity index (χ0v) is 17.9. The Kier molecular flexibility index (Phi) is 6.69. The van der Waals surface area contributed by atoms with E-state index >= 15 is 0 Å². The van der Waals surface area contributed by atoms with E-state index in [1.165, 1.54) is 0 Å². The minimum atomic E-state index is -3.69. The van der Waals surface area contributed by atoms with E-state index in [0.717, 1.165) is 18.7 Å². The Morgan fingerprint density at radius 1 is 1.21 bits per heavy atom. The van der Waals surface area contributed by atoms with Gasteiger partial charge in [-0.3, -0.25) is 10.00 Å². The molecule has 0 spiro atoms. The number of H-pyrrole nitrogens is 1. The highest BCUT2D eigenvalue weighted by Gasteiger charge is 2.28. The van der Waals surface area contributed by atoms with E-state index in [2.05, 4.69) is 19.8 Å². The normalized spacial score (nSPS) is 17.7. The van der Waals surface area contributed by atoms with Gasteiger partial charge in [0, 0.05) is 25.7 Å². The van der Waals surface area contributed by atoms with Gasteiger partial charge >= 0.3 is 0 Å². The summed E-state index contributed by atoms with van der Waals surface area (Å²) < 4.78 is 44.9. The number of fused-ring (bicyclic) bond motifs is 1. The maximum Gasteiger partial charge on any atom is 0.244 e. The molecule has 2 aromatic rings. The van der Waals surface area contributed by atoms with Gasteiger partial charge < -0.3 is 14.2 Å². The lowest BCUT2D eigenvalue weighted by Crippen LogP contribution is -2.43. The number of aryl methyl sites for hydroxylation is 2. The molecule has 2 N–H and O–H groups in total. The van der Waals surface area contributed by atoms with Crippen LogP contribution in [0.1, 0.15) is 23.0 Å². The van der Waals surface area contributed by atoms with Crippen molar-refractivity contribution >= 4 is 22.4 Å². The van der Waals surface area contributed by atoms with Crippen molar-refractivity contribution in [1.29, 1.82) is 0 Å². The Labute approximate surface area is 176 Å². The van der Waals surface area contributed by atoms with Crippen LogP contribution < -0.4 is 14.2 Å². The molecule has 4 rings (SSSR count). The van der Waals surface area contributed by atoms with Gasteiger partial charge in [0.2, 0.25) is 16.8 Å². The van der Waals surface area contributed by atoms with Crippen LogP contribution in [-0.2, 0) is 14.8 Å². The summed E-state index contributed by atoms with van der Waals surface area (Å²) in [5.74, 6) is 1.38. The molecule has 160 valence electrons. The molecule has 9 nitrogen and oxygen atoms in total. The Morgan fingerprint density at radius 2 is 1.93 bits per heavy atom. The van der Waals surface area contributed by atoms with Crippen molar-refractivity contribution in [2.75, 3.05) is 39.6 Å². The summed E-state index contributed by atoms with van der Waals surface area (Å²) in [6, 6.07) is 5.59. The average molecular weight is 445 g/mol. The van der Waals surface area contributed by atoms with Crippen LogP contribution in [-0.4, -0.2) is 63.2 Å². The summed E-state index contributed by atoms with van der Waals surface area (Å²) in [5.41, 5.74) is 1.95. The van der Waals surface area contributed by atoms with Gasteiger partial charge in [-0.25, -0.2) is 13.1 Å². The number of sulfonamides is 1. The number of aromatic nitrogens is 2. The Hall–Kier alpha value is -1.85. The van der Waals surface area contributed by atoms with Crippen LogP contribution >= 0.6 is 12.4 Å². The Bertz CT molecular complexity index is 940. The van der Waals surface area contributed by atoms with Crippen LogP contribution in [0.4, 0.5) is 0 Å². The molecule has 11 heteroatoms. The predicted octanol–water partition coefficient (Wildman–Crippen LogP) is 1.53. The second-order valence-corrected chi connectivity index (χ2v) is 8.60. The lowest BCUT2D eigenvalue weighted by molar-refractivity contribution is 0.0171. The van der Waals surface area contributed by atoms with E-state index in [9.17, 15) is 8.42 Å². The Morgan fingerprint density at radius 3 is 2.62 bits per heavy atom. The molecule has 1 saturated heterocycles. The molecular formula is C18H25ClN4O5S. The second-order valence-electron chi connectivity index (χ2n) is 6.89. The molecule has 1 unspecified atom stereocenters. The predicted molar refractivity (Wildman–Crippen MR) is 108 cm³/mol. The highest BCUT2D eigenvalue weighted by molar-refractivity contribution is 7.89. The summed E-state index contributed by atoms with van der Waals surface area (Å²) in [5, 5.41) is 6.72. The van der Waals surface area contributed by atoms with Gasteiger partial charge in [-0.05, 0) is 31.5 Å². The van der Waals surface area contributed by atoms with Crippen molar-refractivity contribution in [3.05, 3.63) is 35.2 Å². The van der Waals surface area contributed by atoms with E-state index < -0.39 is 10.0 Å². The van der Waals surface area contributed by atoms with Crippen LogP contribution in [0.2, 0.25) is 0 Å². The second kappa shape index (κ2) is 8.88. The largest absolute Gasteiger partial charge is 0.454 e. The molecule has 0 aliphatic carbocycles. The quantitative estimate of drug-likeness (QED) is 0.695. The molecule has 0 saturated carbocycles. The maximum absolute atomic E-state index is 12.9. The van der Waals surface area contributed by atoms with Crippen molar-refractivity contribution in [2.24, 2.45) is 0 Å². The standard InChI is InChI=1S/C18H24N4O5S.ClH/c1-12-18(13(2)21-20-12)28(23,24)19-10-15(22-5-7-25-8-6-22)14-3-4-16-17(9-14)27-11-26-16;/h3-4,9,15,19H,5-8,10-11H2,1-2H3,(H,20,21);1H. The smallest absolute Gasteiger partial charge is 0.244 e. The van der Waals surface area contributed by atoms with E-state index in [-0.39, 0.29) is 36.7 Å². The number of hydrogen-bond donors (Lipinski definition) is 2. The third-order valence-electron chi connectivity index (χ3n) is 5.06. The van der Waals surface area contributed by atoms with Crippen molar-refractivity contribution in [3.63, 3.8) is 0 Å². The van der Waals surface area contributed by atoms with E-state index in [4.69, 9.17) is 14.2 Å². The fraction of sp³-hybridized carbons (Fsp3) is 0.500. The third-order valence-corrected chi connectivity index (χ3v) is 6.75. The molecular weight excluding hydrogens is 420 g/mol. The first-order valence-corrected chi connectivity index (χ1v) is 10.7. The first-order chi connectivity index (χ1) is 13.5. The van der Waals surface area contributed by atoms with Crippen molar-refractivity contribution in [2.45, 2.75) is 24.8 Å². The minimum Gasteiger partial charge on any atom is -0.454 e. The van der Waals surface area contributed by atoms with Gasteiger partial charge in [0.1, 0.15) is 4.90 Å². The van der Waals surface area contributed by atoms with E-state index in [1.807, 2.05) is 18.2 Å².